The van der Waals surface area contributed by atoms with Crippen LogP contribution in [0.15, 0.2) is 36.4 Å². The van der Waals surface area contributed by atoms with Gasteiger partial charge in [0.1, 0.15) is 11.6 Å². The highest BCUT2D eigenvalue weighted by Crippen LogP contribution is 2.27. The zero-order valence-corrected chi connectivity index (χ0v) is 17.5. The van der Waals surface area contributed by atoms with Crippen molar-refractivity contribution in [3.05, 3.63) is 57.8 Å². The third-order valence-corrected chi connectivity index (χ3v) is 4.41. The molecule has 1 amide bonds. The number of aryl methyl sites for hydroxylation is 2. The highest BCUT2D eigenvalue weighted by atomic mass is 35.5. The molecule has 0 saturated heterocycles. The summed E-state index contributed by atoms with van der Waals surface area (Å²) in [5.41, 5.74) is 1.91. The van der Waals surface area contributed by atoms with Crippen LogP contribution in [-0.4, -0.2) is 45.6 Å². The predicted molar refractivity (Wildman–Crippen MR) is 112 cm³/mol. The van der Waals surface area contributed by atoms with Crippen LogP contribution in [0, 0.1) is 13.8 Å². The number of hydrogen-bond acceptors (Lipinski definition) is 6. The number of carbonyl (C=O) groups is 1. The van der Waals surface area contributed by atoms with Crippen molar-refractivity contribution in [1.29, 1.82) is 0 Å². The Balaban J connectivity index is 1.40. The van der Waals surface area contributed by atoms with Crippen molar-refractivity contribution in [3.8, 4) is 11.6 Å². The minimum Gasteiger partial charge on any atom is -0.482 e. The second-order valence-corrected chi connectivity index (χ2v) is 7.10. The van der Waals surface area contributed by atoms with Crippen LogP contribution in [0.1, 0.15) is 11.4 Å². The first-order valence-electron chi connectivity index (χ1n) is 8.88. The summed E-state index contributed by atoms with van der Waals surface area (Å²) in [6.45, 7) is 4.63. The van der Waals surface area contributed by atoms with E-state index < -0.39 is 0 Å². The quantitative estimate of drug-likeness (QED) is 0.528. The van der Waals surface area contributed by atoms with Crippen LogP contribution in [0.3, 0.4) is 0 Å². The molecule has 2 N–H and O–H groups in total. The molecule has 29 heavy (non-hydrogen) atoms. The Morgan fingerprint density at radius 3 is 2.59 bits per heavy atom. The van der Waals surface area contributed by atoms with Crippen molar-refractivity contribution in [1.82, 2.24) is 25.3 Å². The van der Waals surface area contributed by atoms with Crippen LogP contribution >= 0.6 is 23.2 Å². The fourth-order valence-electron chi connectivity index (χ4n) is 2.57. The Kier molecular flexibility index (Phi) is 6.90. The zero-order chi connectivity index (χ0) is 20.8. The van der Waals surface area contributed by atoms with E-state index in [0.29, 0.717) is 40.5 Å². The minimum absolute atomic E-state index is 0.140. The molecule has 10 heteroatoms. The summed E-state index contributed by atoms with van der Waals surface area (Å²) in [5.74, 6) is 1.40. The van der Waals surface area contributed by atoms with Crippen LogP contribution in [-0.2, 0) is 4.79 Å². The Morgan fingerprint density at radius 2 is 1.93 bits per heavy atom. The Hall–Kier alpha value is -2.84. The van der Waals surface area contributed by atoms with Gasteiger partial charge in [-0.2, -0.15) is 5.10 Å². The van der Waals surface area contributed by atoms with Crippen molar-refractivity contribution in [2.24, 2.45) is 0 Å². The van der Waals surface area contributed by atoms with E-state index in [9.17, 15) is 4.79 Å². The topological polar surface area (TPSA) is 94.0 Å². The van der Waals surface area contributed by atoms with E-state index in [1.165, 1.54) is 0 Å². The molecular formula is C19H20Cl2N6O2. The van der Waals surface area contributed by atoms with E-state index in [-0.39, 0.29) is 12.5 Å². The normalized spacial score (nSPS) is 10.6. The van der Waals surface area contributed by atoms with E-state index in [1.54, 1.807) is 22.9 Å². The number of anilines is 1. The van der Waals surface area contributed by atoms with Crippen LogP contribution < -0.4 is 15.4 Å². The van der Waals surface area contributed by atoms with E-state index in [2.05, 4.69) is 25.9 Å². The highest BCUT2D eigenvalue weighted by molar-refractivity contribution is 6.35. The lowest BCUT2D eigenvalue weighted by atomic mass is 10.3. The summed E-state index contributed by atoms with van der Waals surface area (Å²) in [5, 5.41) is 19.4. The number of carbonyl (C=O) groups excluding carboxylic acids is 1. The van der Waals surface area contributed by atoms with Crippen LogP contribution in [0.2, 0.25) is 10.0 Å². The number of benzene rings is 1. The number of halogens is 2. The second-order valence-electron chi connectivity index (χ2n) is 6.26. The van der Waals surface area contributed by atoms with Crippen LogP contribution in [0.5, 0.6) is 5.75 Å². The average Bonchev–Trinajstić information content (AvgIpc) is 3.03. The Labute approximate surface area is 178 Å². The Morgan fingerprint density at radius 1 is 1.10 bits per heavy atom. The molecule has 0 aliphatic carbocycles. The van der Waals surface area contributed by atoms with Gasteiger partial charge in [-0.1, -0.05) is 23.2 Å². The molecule has 0 fully saturated rings. The minimum atomic E-state index is -0.260. The summed E-state index contributed by atoms with van der Waals surface area (Å²) in [6.07, 6.45) is 0. The van der Waals surface area contributed by atoms with Gasteiger partial charge in [-0.25, -0.2) is 4.68 Å². The van der Waals surface area contributed by atoms with Crippen molar-refractivity contribution >= 4 is 34.9 Å². The molecule has 1 aromatic carbocycles. The fourth-order valence-corrected chi connectivity index (χ4v) is 3.04. The number of hydrogen-bond donors (Lipinski definition) is 2. The molecular weight excluding hydrogens is 415 g/mol. The fraction of sp³-hybridized carbons (Fsp3) is 0.263. The predicted octanol–water partition coefficient (Wildman–Crippen LogP) is 3.19. The summed E-state index contributed by atoms with van der Waals surface area (Å²) >= 11 is 11.8. The average molecular weight is 435 g/mol. The first-order valence-corrected chi connectivity index (χ1v) is 9.64. The van der Waals surface area contributed by atoms with Gasteiger partial charge in [0.2, 0.25) is 0 Å². The largest absolute Gasteiger partial charge is 0.482 e. The third kappa shape index (κ3) is 5.82. The molecule has 0 radical (unpaired) electrons. The van der Waals surface area contributed by atoms with E-state index in [1.807, 2.05) is 32.0 Å². The standard InChI is InChI=1S/C19H20Cl2N6O2/c1-12-9-13(2)27(26-12)18-6-5-17(24-25-18)22-7-8-23-19(28)11-29-16-4-3-14(20)10-15(16)21/h3-6,9-10H,7-8,11H2,1-2H3,(H,22,24)(H,23,28). The molecule has 152 valence electrons. The molecule has 0 atom stereocenters. The smallest absolute Gasteiger partial charge is 0.258 e. The zero-order valence-electron chi connectivity index (χ0n) is 15.9. The van der Waals surface area contributed by atoms with Crippen molar-refractivity contribution in [3.63, 3.8) is 0 Å². The number of nitrogens with zero attached hydrogens (tertiary/aromatic N) is 4. The van der Waals surface area contributed by atoms with Crippen LogP contribution in [0.4, 0.5) is 5.82 Å². The van der Waals surface area contributed by atoms with Gasteiger partial charge < -0.3 is 15.4 Å². The van der Waals surface area contributed by atoms with Gasteiger partial charge in [-0.15, -0.1) is 10.2 Å². The number of ether oxygens (including phenoxy) is 1. The molecule has 2 heterocycles. The monoisotopic (exact) mass is 434 g/mol. The summed E-state index contributed by atoms with van der Waals surface area (Å²) in [4.78, 5) is 11.9. The first-order chi connectivity index (χ1) is 13.9. The van der Waals surface area contributed by atoms with Crippen LogP contribution in [0.25, 0.3) is 5.82 Å². The SMILES string of the molecule is Cc1cc(C)n(-c2ccc(NCCNC(=O)COc3ccc(Cl)cc3Cl)nn2)n1. The lowest BCUT2D eigenvalue weighted by molar-refractivity contribution is -0.123. The van der Waals surface area contributed by atoms with Crippen molar-refractivity contribution in [2.45, 2.75) is 13.8 Å². The lowest BCUT2D eigenvalue weighted by Crippen LogP contribution is -2.32. The molecule has 0 saturated carbocycles. The Bertz CT molecular complexity index is 991. The highest BCUT2D eigenvalue weighted by Gasteiger charge is 2.07. The maximum absolute atomic E-state index is 11.9. The number of rotatable bonds is 8. The van der Waals surface area contributed by atoms with Gasteiger partial charge in [-0.3, -0.25) is 4.79 Å². The molecule has 3 rings (SSSR count). The van der Waals surface area contributed by atoms with E-state index in [4.69, 9.17) is 27.9 Å². The summed E-state index contributed by atoms with van der Waals surface area (Å²) < 4.78 is 7.12. The molecule has 0 bridgehead atoms. The van der Waals surface area contributed by atoms with E-state index in [0.717, 1.165) is 11.4 Å². The van der Waals surface area contributed by atoms with E-state index >= 15 is 0 Å². The second kappa shape index (κ2) is 9.58. The lowest BCUT2D eigenvalue weighted by Gasteiger charge is -2.10. The third-order valence-electron chi connectivity index (χ3n) is 3.88. The number of aromatic nitrogens is 4. The van der Waals surface area contributed by atoms with Gasteiger partial charge in [0.15, 0.2) is 12.4 Å². The molecule has 0 spiro atoms. The van der Waals surface area contributed by atoms with Gasteiger partial charge in [0.25, 0.3) is 5.91 Å². The number of amides is 1. The molecule has 0 aliphatic rings. The number of nitrogens with one attached hydrogen (secondary N) is 2. The summed E-state index contributed by atoms with van der Waals surface area (Å²) in [6, 6.07) is 10.4. The summed E-state index contributed by atoms with van der Waals surface area (Å²) in [7, 11) is 0. The van der Waals surface area contributed by atoms with Gasteiger partial charge in [0.05, 0.1) is 10.7 Å². The molecule has 0 aliphatic heterocycles. The van der Waals surface area contributed by atoms with Gasteiger partial charge in [0, 0.05) is 23.8 Å². The van der Waals surface area contributed by atoms with Gasteiger partial charge in [-0.05, 0) is 50.2 Å². The maximum Gasteiger partial charge on any atom is 0.258 e. The van der Waals surface area contributed by atoms with Gasteiger partial charge >= 0.3 is 0 Å². The maximum atomic E-state index is 11.9. The first kappa shape index (κ1) is 20.9. The molecule has 0 unspecified atom stereocenters. The molecule has 8 nitrogen and oxygen atoms in total. The van der Waals surface area contributed by atoms with Crippen molar-refractivity contribution in [2.75, 3.05) is 25.0 Å². The molecule has 3 aromatic rings. The van der Waals surface area contributed by atoms with Crippen molar-refractivity contribution < 1.29 is 9.53 Å². The molecule has 2 aromatic heterocycles.